The van der Waals surface area contributed by atoms with Gasteiger partial charge in [-0.25, -0.2) is 4.90 Å². The van der Waals surface area contributed by atoms with Crippen molar-refractivity contribution < 1.29 is 9.59 Å². The summed E-state index contributed by atoms with van der Waals surface area (Å²) in [6.07, 6.45) is 0. The van der Waals surface area contributed by atoms with Crippen LogP contribution in [0.3, 0.4) is 0 Å². The molecule has 4 nitrogen and oxygen atoms in total. The summed E-state index contributed by atoms with van der Waals surface area (Å²) in [5, 5.41) is 9.00. The summed E-state index contributed by atoms with van der Waals surface area (Å²) in [6, 6.07) is 27.6. The van der Waals surface area contributed by atoms with E-state index in [1.54, 1.807) is 24.3 Å². The number of anilines is 1. The van der Waals surface area contributed by atoms with Gasteiger partial charge in [-0.1, -0.05) is 60.7 Å². The van der Waals surface area contributed by atoms with E-state index in [1.807, 2.05) is 66.7 Å². The summed E-state index contributed by atoms with van der Waals surface area (Å²) in [6.45, 7) is 0. The zero-order valence-corrected chi connectivity index (χ0v) is 16.2. The van der Waals surface area contributed by atoms with Crippen LogP contribution in [-0.4, -0.2) is 11.8 Å². The molecule has 0 atom stereocenters. The molecule has 5 heteroatoms. The number of rotatable bonds is 5. The van der Waals surface area contributed by atoms with Gasteiger partial charge in [0.15, 0.2) is 0 Å². The first-order valence-electron chi connectivity index (χ1n) is 9.04. The maximum atomic E-state index is 13.3. The molecule has 1 aliphatic rings. The molecule has 3 aromatic carbocycles. The zero-order valence-electron chi connectivity index (χ0n) is 15.4. The summed E-state index contributed by atoms with van der Waals surface area (Å²) >= 11 is 1.37. The average molecular weight is 396 g/mol. The average Bonchev–Trinajstić information content (AvgIpc) is 3.03. The van der Waals surface area contributed by atoms with Crippen LogP contribution >= 0.6 is 11.8 Å². The van der Waals surface area contributed by atoms with Crippen molar-refractivity contribution in [2.45, 2.75) is 5.75 Å². The molecule has 0 unspecified atom stereocenters. The molecule has 29 heavy (non-hydrogen) atoms. The second-order valence-electron chi connectivity index (χ2n) is 6.45. The predicted molar refractivity (Wildman–Crippen MR) is 115 cm³/mol. The molecule has 0 saturated heterocycles. The van der Waals surface area contributed by atoms with Gasteiger partial charge < -0.3 is 0 Å². The lowest BCUT2D eigenvalue weighted by atomic mass is 10.1. The standard InChI is InChI=1S/C24H16N2O2S/c25-15-17-11-13-20(14-12-17)26-23(27)21(19-9-5-2-6-10-19)22(24(26)28)29-16-18-7-3-1-4-8-18/h1-14H,16H2. The molecule has 0 aromatic heterocycles. The first kappa shape index (κ1) is 18.7. The fourth-order valence-corrected chi connectivity index (χ4v) is 4.22. The van der Waals surface area contributed by atoms with Gasteiger partial charge in [-0.2, -0.15) is 5.26 Å². The Kier molecular flexibility index (Phi) is 5.28. The van der Waals surface area contributed by atoms with E-state index >= 15 is 0 Å². The van der Waals surface area contributed by atoms with Crippen LogP contribution in [0.2, 0.25) is 0 Å². The number of imide groups is 1. The van der Waals surface area contributed by atoms with Crippen molar-refractivity contribution in [2.75, 3.05) is 4.90 Å². The lowest BCUT2D eigenvalue weighted by molar-refractivity contribution is -0.119. The van der Waals surface area contributed by atoms with Gasteiger partial charge in [-0.05, 0) is 35.4 Å². The van der Waals surface area contributed by atoms with Gasteiger partial charge in [0, 0.05) is 5.75 Å². The van der Waals surface area contributed by atoms with Crippen LogP contribution in [0.5, 0.6) is 0 Å². The van der Waals surface area contributed by atoms with E-state index in [4.69, 9.17) is 5.26 Å². The summed E-state index contributed by atoms with van der Waals surface area (Å²) in [5.74, 6) is -0.0896. The van der Waals surface area contributed by atoms with Crippen molar-refractivity contribution >= 4 is 34.8 Å². The Morgan fingerprint density at radius 1 is 0.793 bits per heavy atom. The van der Waals surface area contributed by atoms with Crippen molar-refractivity contribution in [3.05, 3.63) is 107 Å². The van der Waals surface area contributed by atoms with E-state index in [0.29, 0.717) is 27.5 Å². The molecule has 140 valence electrons. The van der Waals surface area contributed by atoms with Crippen molar-refractivity contribution in [1.29, 1.82) is 5.26 Å². The molecule has 4 rings (SSSR count). The van der Waals surface area contributed by atoms with E-state index in [9.17, 15) is 9.59 Å². The Morgan fingerprint density at radius 2 is 1.41 bits per heavy atom. The number of benzene rings is 3. The molecule has 0 N–H and O–H groups in total. The van der Waals surface area contributed by atoms with Crippen LogP contribution in [0.1, 0.15) is 16.7 Å². The predicted octanol–water partition coefficient (Wildman–Crippen LogP) is 4.78. The number of amides is 2. The minimum Gasteiger partial charge on any atom is -0.268 e. The number of carbonyl (C=O) groups excluding carboxylic acids is 2. The van der Waals surface area contributed by atoms with Gasteiger partial charge in [0.1, 0.15) is 0 Å². The Hall–Kier alpha value is -3.62. The van der Waals surface area contributed by atoms with E-state index in [2.05, 4.69) is 0 Å². The Morgan fingerprint density at radius 3 is 2.03 bits per heavy atom. The number of thioether (sulfide) groups is 1. The Balaban J connectivity index is 1.72. The van der Waals surface area contributed by atoms with Crippen molar-refractivity contribution in [3.8, 4) is 6.07 Å². The van der Waals surface area contributed by atoms with Crippen molar-refractivity contribution in [2.24, 2.45) is 0 Å². The van der Waals surface area contributed by atoms with Crippen LogP contribution in [0.15, 0.2) is 89.8 Å². The van der Waals surface area contributed by atoms with Crippen LogP contribution < -0.4 is 4.90 Å². The minimum absolute atomic E-state index is 0.334. The third-order valence-electron chi connectivity index (χ3n) is 4.58. The second-order valence-corrected chi connectivity index (χ2v) is 7.43. The highest BCUT2D eigenvalue weighted by molar-refractivity contribution is 8.03. The third kappa shape index (κ3) is 3.71. The number of nitriles is 1. The minimum atomic E-state index is -0.346. The molecule has 1 aliphatic heterocycles. The van der Waals surface area contributed by atoms with Crippen molar-refractivity contribution in [1.82, 2.24) is 0 Å². The number of hydrogen-bond acceptors (Lipinski definition) is 4. The zero-order chi connectivity index (χ0) is 20.2. The first-order chi connectivity index (χ1) is 14.2. The molecule has 2 amide bonds. The quantitative estimate of drug-likeness (QED) is 0.583. The summed E-state index contributed by atoms with van der Waals surface area (Å²) in [5.41, 5.74) is 3.15. The fourth-order valence-electron chi connectivity index (χ4n) is 3.15. The Labute approximate surface area is 173 Å². The van der Waals surface area contributed by atoms with E-state index in [1.165, 1.54) is 16.7 Å². The second kappa shape index (κ2) is 8.17. The number of hydrogen-bond donors (Lipinski definition) is 0. The topological polar surface area (TPSA) is 61.2 Å². The van der Waals surface area contributed by atoms with Gasteiger partial charge in [0.05, 0.1) is 27.8 Å². The molecule has 0 radical (unpaired) electrons. The van der Waals surface area contributed by atoms with Gasteiger partial charge in [-0.15, -0.1) is 11.8 Å². The molecule has 0 fully saturated rings. The van der Waals surface area contributed by atoms with Crippen LogP contribution in [0, 0.1) is 11.3 Å². The summed E-state index contributed by atoms with van der Waals surface area (Å²) < 4.78 is 0. The van der Waals surface area contributed by atoms with E-state index < -0.39 is 0 Å². The highest BCUT2D eigenvalue weighted by Crippen LogP contribution is 2.39. The molecular weight excluding hydrogens is 380 g/mol. The smallest absolute Gasteiger partial charge is 0.268 e. The van der Waals surface area contributed by atoms with Crippen LogP contribution in [0.4, 0.5) is 5.69 Å². The molecule has 3 aromatic rings. The van der Waals surface area contributed by atoms with E-state index in [0.717, 1.165) is 11.1 Å². The first-order valence-corrected chi connectivity index (χ1v) is 10.0. The maximum Gasteiger partial charge on any atom is 0.272 e. The van der Waals surface area contributed by atoms with E-state index in [-0.39, 0.29) is 11.8 Å². The SMILES string of the molecule is N#Cc1ccc(N2C(=O)C(SCc3ccccc3)=C(c3ccccc3)C2=O)cc1. The highest BCUT2D eigenvalue weighted by atomic mass is 32.2. The van der Waals surface area contributed by atoms with Gasteiger partial charge in [0.2, 0.25) is 0 Å². The number of nitrogens with zero attached hydrogens (tertiary/aromatic N) is 2. The van der Waals surface area contributed by atoms with Crippen molar-refractivity contribution in [3.63, 3.8) is 0 Å². The van der Waals surface area contributed by atoms with Crippen LogP contribution in [-0.2, 0) is 15.3 Å². The molecule has 1 heterocycles. The normalized spacial score (nSPS) is 13.7. The van der Waals surface area contributed by atoms with Crippen LogP contribution in [0.25, 0.3) is 5.57 Å². The lowest BCUT2D eigenvalue weighted by Crippen LogP contribution is -2.31. The van der Waals surface area contributed by atoms with Gasteiger partial charge in [-0.3, -0.25) is 9.59 Å². The molecular formula is C24H16N2O2S. The Bertz CT molecular complexity index is 1130. The molecule has 0 aliphatic carbocycles. The maximum absolute atomic E-state index is 13.3. The largest absolute Gasteiger partial charge is 0.272 e. The van der Waals surface area contributed by atoms with Gasteiger partial charge in [0.25, 0.3) is 11.8 Å². The molecule has 0 saturated carbocycles. The molecule has 0 bridgehead atoms. The fraction of sp³-hybridized carbons (Fsp3) is 0.0417. The number of carbonyl (C=O) groups is 2. The summed E-state index contributed by atoms with van der Waals surface area (Å²) in [7, 11) is 0. The lowest BCUT2D eigenvalue weighted by Gasteiger charge is -2.15. The molecule has 0 spiro atoms. The van der Waals surface area contributed by atoms with Gasteiger partial charge >= 0.3 is 0 Å². The highest BCUT2D eigenvalue weighted by Gasteiger charge is 2.40. The third-order valence-corrected chi connectivity index (χ3v) is 5.73. The summed E-state index contributed by atoms with van der Waals surface area (Å²) in [4.78, 5) is 28.1. The monoisotopic (exact) mass is 396 g/mol.